The van der Waals surface area contributed by atoms with E-state index in [2.05, 4.69) is 14.9 Å². The van der Waals surface area contributed by atoms with Crippen LogP contribution in [0.2, 0.25) is 0 Å². The van der Waals surface area contributed by atoms with Gasteiger partial charge in [0.05, 0.1) is 0 Å². The lowest BCUT2D eigenvalue weighted by molar-refractivity contribution is 0.0737. The number of amides is 1. The van der Waals surface area contributed by atoms with Crippen molar-refractivity contribution in [3.8, 4) is 0 Å². The van der Waals surface area contributed by atoms with Crippen LogP contribution < -0.4 is 4.90 Å². The fourth-order valence-corrected chi connectivity index (χ4v) is 3.25. The molecule has 1 aliphatic rings. The van der Waals surface area contributed by atoms with Gasteiger partial charge in [-0.1, -0.05) is 0 Å². The molecule has 128 valence electrons. The number of anilines is 1. The number of fused-ring (bicyclic) bond motifs is 1. The predicted molar refractivity (Wildman–Crippen MR) is 93.0 cm³/mol. The van der Waals surface area contributed by atoms with Crippen LogP contribution in [-0.2, 0) is 7.05 Å². The van der Waals surface area contributed by atoms with Crippen LogP contribution in [0.1, 0.15) is 10.5 Å². The summed E-state index contributed by atoms with van der Waals surface area (Å²) in [5, 5.41) is 0.738. The normalized spacial score (nSPS) is 15.0. The molecule has 25 heavy (non-hydrogen) atoms. The second-order valence-corrected chi connectivity index (χ2v) is 6.12. The van der Waals surface area contributed by atoms with Crippen molar-refractivity contribution < 1.29 is 9.18 Å². The maximum Gasteiger partial charge on any atom is 0.270 e. The van der Waals surface area contributed by atoms with Crippen molar-refractivity contribution in [3.05, 3.63) is 54.2 Å². The van der Waals surface area contributed by atoms with Crippen LogP contribution >= 0.6 is 0 Å². The van der Waals surface area contributed by atoms with Crippen molar-refractivity contribution in [1.82, 2.24) is 19.4 Å². The molecule has 1 aromatic carbocycles. The van der Waals surface area contributed by atoms with E-state index in [1.54, 1.807) is 30.6 Å². The minimum atomic E-state index is -0.298. The molecule has 6 nitrogen and oxygen atoms in total. The van der Waals surface area contributed by atoms with E-state index in [1.165, 1.54) is 12.1 Å². The number of nitrogens with zero attached hydrogens (tertiary/aromatic N) is 5. The molecule has 1 fully saturated rings. The van der Waals surface area contributed by atoms with Crippen LogP contribution in [0.15, 0.2) is 42.7 Å². The number of benzene rings is 1. The number of hydrogen-bond donors (Lipinski definition) is 0. The molecule has 2 aromatic heterocycles. The molecule has 0 aliphatic carbocycles. The van der Waals surface area contributed by atoms with Crippen molar-refractivity contribution in [2.75, 3.05) is 31.1 Å². The van der Waals surface area contributed by atoms with Crippen molar-refractivity contribution in [3.63, 3.8) is 0 Å². The van der Waals surface area contributed by atoms with Crippen LogP contribution in [-0.4, -0.2) is 51.5 Å². The zero-order valence-corrected chi connectivity index (χ0v) is 13.9. The lowest BCUT2D eigenvalue weighted by Crippen LogP contribution is -2.49. The monoisotopic (exact) mass is 339 g/mol. The quantitative estimate of drug-likeness (QED) is 0.717. The summed E-state index contributed by atoms with van der Waals surface area (Å²) in [6.07, 6.45) is 3.43. The average molecular weight is 339 g/mol. The lowest BCUT2D eigenvalue weighted by atomic mass is 10.2. The molecule has 0 atom stereocenters. The van der Waals surface area contributed by atoms with Gasteiger partial charge in [-0.2, -0.15) is 0 Å². The third-order valence-electron chi connectivity index (χ3n) is 4.63. The molecule has 1 aliphatic heterocycles. The zero-order valence-electron chi connectivity index (χ0n) is 13.9. The Morgan fingerprint density at radius 1 is 1.08 bits per heavy atom. The minimum Gasteiger partial charge on any atom is -0.340 e. The van der Waals surface area contributed by atoms with E-state index in [9.17, 15) is 9.18 Å². The molecule has 1 saturated heterocycles. The van der Waals surface area contributed by atoms with Gasteiger partial charge in [0.2, 0.25) is 5.95 Å². The van der Waals surface area contributed by atoms with E-state index in [-0.39, 0.29) is 11.7 Å². The van der Waals surface area contributed by atoms with Gasteiger partial charge in [0.15, 0.2) is 0 Å². The van der Waals surface area contributed by atoms with E-state index in [0.29, 0.717) is 37.8 Å². The highest BCUT2D eigenvalue weighted by Gasteiger charge is 2.25. The first-order valence-electron chi connectivity index (χ1n) is 8.20. The summed E-state index contributed by atoms with van der Waals surface area (Å²) in [7, 11) is 1.83. The first kappa shape index (κ1) is 15.6. The molecular formula is C18H18FN5O. The average Bonchev–Trinajstić information content (AvgIpc) is 2.98. The Morgan fingerprint density at radius 2 is 1.80 bits per heavy atom. The number of piperazine rings is 1. The smallest absolute Gasteiger partial charge is 0.270 e. The Kier molecular flexibility index (Phi) is 3.83. The molecule has 1 amide bonds. The lowest BCUT2D eigenvalue weighted by Gasteiger charge is -2.34. The largest absolute Gasteiger partial charge is 0.340 e. The number of halogens is 1. The van der Waals surface area contributed by atoms with E-state index >= 15 is 0 Å². The Morgan fingerprint density at radius 3 is 2.52 bits per heavy atom. The summed E-state index contributed by atoms with van der Waals surface area (Å²) in [5.41, 5.74) is 1.42. The first-order chi connectivity index (χ1) is 12.1. The molecule has 0 unspecified atom stereocenters. The molecule has 0 spiro atoms. The second-order valence-electron chi connectivity index (χ2n) is 6.12. The standard InChI is InChI=1S/C18H18FN5O/c1-22-15-4-3-14(19)11-13(15)12-16(22)17(25)23-7-9-24(10-8-23)18-20-5-2-6-21-18/h2-6,11-12H,7-10H2,1H3. The third-order valence-corrected chi connectivity index (χ3v) is 4.63. The van der Waals surface area contributed by atoms with Crippen molar-refractivity contribution in [1.29, 1.82) is 0 Å². The topological polar surface area (TPSA) is 54.3 Å². The van der Waals surface area contributed by atoms with Gasteiger partial charge in [0.25, 0.3) is 5.91 Å². The maximum absolute atomic E-state index is 13.4. The Bertz CT molecular complexity index is 916. The Balaban J connectivity index is 1.52. The van der Waals surface area contributed by atoms with Crippen LogP contribution in [0, 0.1) is 5.82 Å². The molecule has 0 radical (unpaired) electrons. The summed E-state index contributed by atoms with van der Waals surface area (Å²) in [6.45, 7) is 2.59. The molecule has 0 saturated carbocycles. The number of rotatable bonds is 2. The summed E-state index contributed by atoms with van der Waals surface area (Å²) < 4.78 is 15.2. The highest BCUT2D eigenvalue weighted by molar-refractivity contribution is 5.98. The summed E-state index contributed by atoms with van der Waals surface area (Å²) in [6, 6.07) is 8.11. The number of hydrogen-bond acceptors (Lipinski definition) is 4. The molecule has 0 N–H and O–H groups in total. The van der Waals surface area contributed by atoms with Gasteiger partial charge in [-0.15, -0.1) is 0 Å². The fourth-order valence-electron chi connectivity index (χ4n) is 3.25. The summed E-state index contributed by atoms with van der Waals surface area (Å²) in [4.78, 5) is 25.3. The van der Waals surface area contributed by atoms with Gasteiger partial charge in [-0.3, -0.25) is 4.79 Å². The summed E-state index contributed by atoms with van der Waals surface area (Å²) >= 11 is 0. The van der Waals surface area contributed by atoms with Gasteiger partial charge in [0.1, 0.15) is 11.5 Å². The van der Waals surface area contributed by atoms with Crippen LogP contribution in [0.4, 0.5) is 10.3 Å². The molecular weight excluding hydrogens is 321 g/mol. The van der Waals surface area contributed by atoms with Crippen LogP contribution in [0.3, 0.4) is 0 Å². The van der Waals surface area contributed by atoms with Gasteiger partial charge in [-0.05, 0) is 30.3 Å². The van der Waals surface area contributed by atoms with Gasteiger partial charge in [-0.25, -0.2) is 14.4 Å². The number of aryl methyl sites for hydroxylation is 1. The number of aromatic nitrogens is 3. The molecule has 7 heteroatoms. The van der Waals surface area contributed by atoms with Gasteiger partial charge in [0, 0.05) is 56.5 Å². The highest BCUT2D eigenvalue weighted by Crippen LogP contribution is 2.21. The van der Waals surface area contributed by atoms with Crippen molar-refractivity contribution in [2.45, 2.75) is 0 Å². The Hall–Kier alpha value is -2.96. The van der Waals surface area contributed by atoms with Crippen LogP contribution in [0.25, 0.3) is 10.9 Å². The van der Waals surface area contributed by atoms with E-state index in [4.69, 9.17) is 0 Å². The number of carbonyl (C=O) groups excluding carboxylic acids is 1. The van der Waals surface area contributed by atoms with Gasteiger partial charge >= 0.3 is 0 Å². The molecule has 4 rings (SSSR count). The molecule has 3 heterocycles. The van der Waals surface area contributed by atoms with E-state index in [1.807, 2.05) is 16.5 Å². The number of carbonyl (C=O) groups is 1. The maximum atomic E-state index is 13.4. The van der Waals surface area contributed by atoms with Gasteiger partial charge < -0.3 is 14.4 Å². The second kappa shape index (κ2) is 6.16. The molecule has 0 bridgehead atoms. The zero-order chi connectivity index (χ0) is 17.4. The van der Waals surface area contributed by atoms with E-state index < -0.39 is 0 Å². The van der Waals surface area contributed by atoms with E-state index in [0.717, 1.165) is 10.9 Å². The first-order valence-corrected chi connectivity index (χ1v) is 8.20. The highest BCUT2D eigenvalue weighted by atomic mass is 19.1. The van der Waals surface area contributed by atoms with Crippen LogP contribution in [0.5, 0.6) is 0 Å². The van der Waals surface area contributed by atoms with Crippen molar-refractivity contribution >= 4 is 22.8 Å². The minimum absolute atomic E-state index is 0.0345. The summed E-state index contributed by atoms with van der Waals surface area (Å²) in [5.74, 6) is 0.357. The SMILES string of the molecule is Cn1c(C(=O)N2CCN(c3ncccn3)CC2)cc2cc(F)ccc21. The fraction of sp³-hybridized carbons (Fsp3) is 0.278. The van der Waals surface area contributed by atoms with Crippen molar-refractivity contribution in [2.24, 2.45) is 7.05 Å². The third kappa shape index (κ3) is 2.82. The Labute approximate surface area is 144 Å². The molecule has 3 aromatic rings. The predicted octanol–water partition coefficient (Wildman–Crippen LogP) is 2.07.